The summed E-state index contributed by atoms with van der Waals surface area (Å²) in [6.07, 6.45) is 4.00. The Bertz CT molecular complexity index is 961. The Labute approximate surface area is 159 Å². The van der Waals surface area contributed by atoms with Gasteiger partial charge < -0.3 is 9.64 Å². The number of methoxy groups -OCH3 is 1. The van der Waals surface area contributed by atoms with E-state index in [1.54, 1.807) is 13.3 Å². The molecular formula is C23H24N2O2. The van der Waals surface area contributed by atoms with Crippen LogP contribution in [0.3, 0.4) is 0 Å². The van der Waals surface area contributed by atoms with E-state index in [1.807, 2.05) is 48.5 Å². The third-order valence-electron chi connectivity index (χ3n) is 5.43. The van der Waals surface area contributed by atoms with Crippen LogP contribution in [0.1, 0.15) is 35.7 Å². The number of fused-ring (bicyclic) bond motifs is 1. The van der Waals surface area contributed by atoms with Crippen molar-refractivity contribution in [2.45, 2.75) is 19.8 Å². The quantitative estimate of drug-likeness (QED) is 0.632. The first-order valence-corrected chi connectivity index (χ1v) is 9.49. The van der Waals surface area contributed by atoms with E-state index in [1.165, 1.54) is 0 Å². The number of carbonyl (C=O) groups is 1. The van der Waals surface area contributed by atoms with Gasteiger partial charge in [-0.3, -0.25) is 9.78 Å². The average Bonchev–Trinajstić information content (AvgIpc) is 2.73. The molecule has 0 saturated carbocycles. The maximum absolute atomic E-state index is 13.3. The zero-order valence-electron chi connectivity index (χ0n) is 15.8. The lowest BCUT2D eigenvalue weighted by atomic mass is 9.95. The Kier molecular flexibility index (Phi) is 4.80. The molecular weight excluding hydrogens is 336 g/mol. The van der Waals surface area contributed by atoms with Crippen molar-refractivity contribution in [3.8, 4) is 5.75 Å². The summed E-state index contributed by atoms with van der Waals surface area (Å²) in [6.45, 7) is 4.19. The van der Waals surface area contributed by atoms with Crippen molar-refractivity contribution in [2.24, 2.45) is 5.92 Å². The van der Waals surface area contributed by atoms with Gasteiger partial charge in [0.05, 0.1) is 23.9 Å². The maximum Gasteiger partial charge on any atom is 0.196 e. The van der Waals surface area contributed by atoms with Gasteiger partial charge in [-0.15, -0.1) is 0 Å². The Morgan fingerprint density at radius 3 is 2.56 bits per heavy atom. The fraction of sp³-hybridized carbons (Fsp3) is 0.304. The minimum atomic E-state index is 0.0152. The first kappa shape index (κ1) is 17.5. The first-order chi connectivity index (χ1) is 13.2. The largest absolute Gasteiger partial charge is 0.497 e. The molecule has 1 aromatic heterocycles. The van der Waals surface area contributed by atoms with Gasteiger partial charge in [-0.2, -0.15) is 0 Å². The highest BCUT2D eigenvalue weighted by molar-refractivity contribution is 6.16. The van der Waals surface area contributed by atoms with Gasteiger partial charge in [-0.05, 0) is 37.0 Å². The van der Waals surface area contributed by atoms with Gasteiger partial charge in [0, 0.05) is 30.2 Å². The van der Waals surface area contributed by atoms with Crippen molar-refractivity contribution in [3.63, 3.8) is 0 Å². The van der Waals surface area contributed by atoms with E-state index in [-0.39, 0.29) is 5.78 Å². The van der Waals surface area contributed by atoms with Crippen LogP contribution < -0.4 is 9.64 Å². The van der Waals surface area contributed by atoms with E-state index < -0.39 is 0 Å². The van der Waals surface area contributed by atoms with Crippen LogP contribution in [0.25, 0.3) is 10.9 Å². The predicted molar refractivity (Wildman–Crippen MR) is 109 cm³/mol. The van der Waals surface area contributed by atoms with Gasteiger partial charge in [0.1, 0.15) is 5.75 Å². The molecule has 27 heavy (non-hydrogen) atoms. The first-order valence-electron chi connectivity index (χ1n) is 9.49. The average molecular weight is 360 g/mol. The van der Waals surface area contributed by atoms with E-state index >= 15 is 0 Å². The van der Waals surface area contributed by atoms with Gasteiger partial charge in [0.15, 0.2) is 5.78 Å². The number of nitrogens with zero attached hydrogens (tertiary/aromatic N) is 2. The number of benzene rings is 2. The molecule has 1 aliphatic heterocycles. The fourth-order valence-electron chi connectivity index (χ4n) is 3.77. The van der Waals surface area contributed by atoms with Crippen molar-refractivity contribution in [3.05, 3.63) is 65.9 Å². The minimum Gasteiger partial charge on any atom is -0.497 e. The monoisotopic (exact) mass is 360 g/mol. The second-order valence-electron chi connectivity index (χ2n) is 7.27. The van der Waals surface area contributed by atoms with Crippen LogP contribution in [0.4, 0.5) is 5.69 Å². The summed E-state index contributed by atoms with van der Waals surface area (Å²) >= 11 is 0. The normalized spacial score (nSPS) is 15.1. The van der Waals surface area contributed by atoms with E-state index in [2.05, 4.69) is 16.8 Å². The zero-order valence-corrected chi connectivity index (χ0v) is 15.8. The second-order valence-corrected chi connectivity index (χ2v) is 7.27. The molecule has 4 nitrogen and oxygen atoms in total. The summed E-state index contributed by atoms with van der Waals surface area (Å²) in [5.74, 6) is 1.51. The van der Waals surface area contributed by atoms with Crippen LogP contribution in [-0.2, 0) is 0 Å². The second kappa shape index (κ2) is 7.39. The molecule has 0 atom stereocenters. The molecule has 0 unspecified atom stereocenters. The van der Waals surface area contributed by atoms with Gasteiger partial charge in [-0.25, -0.2) is 0 Å². The number of rotatable bonds is 4. The molecule has 0 aliphatic carbocycles. The van der Waals surface area contributed by atoms with Gasteiger partial charge in [-0.1, -0.05) is 37.3 Å². The van der Waals surface area contributed by atoms with E-state index in [0.29, 0.717) is 11.1 Å². The fourth-order valence-corrected chi connectivity index (χ4v) is 3.77. The standard InChI is InChI=1S/C23H24N2O2/c1-16-10-12-25(13-11-16)22-19-14-18(27-2)8-9-21(19)24-15-20(22)23(26)17-6-4-3-5-7-17/h3-9,14-16H,10-13H2,1-2H3. The number of anilines is 1. The third kappa shape index (κ3) is 3.39. The molecule has 2 heterocycles. The lowest BCUT2D eigenvalue weighted by molar-refractivity contribution is 0.103. The highest BCUT2D eigenvalue weighted by Crippen LogP contribution is 2.35. The lowest BCUT2D eigenvalue weighted by Gasteiger charge is -2.34. The van der Waals surface area contributed by atoms with Crippen LogP contribution in [0.5, 0.6) is 5.75 Å². The number of ketones is 1. The van der Waals surface area contributed by atoms with Crippen molar-refractivity contribution in [1.82, 2.24) is 4.98 Å². The molecule has 1 saturated heterocycles. The molecule has 0 amide bonds. The molecule has 1 fully saturated rings. The number of carbonyl (C=O) groups excluding carboxylic acids is 1. The van der Waals surface area contributed by atoms with Crippen LogP contribution in [0, 0.1) is 5.92 Å². The summed E-state index contributed by atoms with van der Waals surface area (Å²) < 4.78 is 5.44. The van der Waals surface area contributed by atoms with Crippen LogP contribution in [0.2, 0.25) is 0 Å². The molecule has 4 rings (SSSR count). The van der Waals surface area contributed by atoms with E-state index in [0.717, 1.165) is 54.2 Å². The molecule has 2 aromatic carbocycles. The molecule has 4 heteroatoms. The SMILES string of the molecule is COc1ccc2ncc(C(=O)c3ccccc3)c(N3CCC(C)CC3)c2c1. The molecule has 0 spiro atoms. The third-order valence-corrected chi connectivity index (χ3v) is 5.43. The molecule has 1 aliphatic rings. The summed E-state index contributed by atoms with van der Waals surface area (Å²) in [6, 6.07) is 15.3. The van der Waals surface area contributed by atoms with Crippen LogP contribution in [0.15, 0.2) is 54.7 Å². The Morgan fingerprint density at radius 1 is 1.11 bits per heavy atom. The topological polar surface area (TPSA) is 42.4 Å². The molecule has 0 radical (unpaired) electrons. The van der Waals surface area contributed by atoms with Crippen molar-refractivity contribution < 1.29 is 9.53 Å². The Balaban J connectivity index is 1.89. The summed E-state index contributed by atoms with van der Waals surface area (Å²) in [5, 5.41) is 0.977. The number of hydrogen-bond acceptors (Lipinski definition) is 4. The van der Waals surface area contributed by atoms with Crippen molar-refractivity contribution >= 4 is 22.4 Å². The zero-order chi connectivity index (χ0) is 18.8. The number of aromatic nitrogens is 1. The Hall–Kier alpha value is -2.88. The lowest BCUT2D eigenvalue weighted by Crippen LogP contribution is -2.34. The Morgan fingerprint density at radius 2 is 1.85 bits per heavy atom. The molecule has 0 bridgehead atoms. The van der Waals surface area contributed by atoms with Crippen LogP contribution >= 0.6 is 0 Å². The molecule has 0 N–H and O–H groups in total. The van der Waals surface area contributed by atoms with Crippen molar-refractivity contribution in [2.75, 3.05) is 25.1 Å². The highest BCUT2D eigenvalue weighted by Gasteiger charge is 2.24. The van der Waals surface area contributed by atoms with Crippen molar-refractivity contribution in [1.29, 1.82) is 0 Å². The number of piperidine rings is 1. The maximum atomic E-state index is 13.3. The number of hydrogen-bond donors (Lipinski definition) is 0. The van der Waals surface area contributed by atoms with Crippen LogP contribution in [-0.4, -0.2) is 31.0 Å². The van der Waals surface area contributed by atoms with E-state index in [9.17, 15) is 4.79 Å². The van der Waals surface area contributed by atoms with Gasteiger partial charge >= 0.3 is 0 Å². The molecule has 3 aromatic rings. The van der Waals surface area contributed by atoms with Gasteiger partial charge in [0.25, 0.3) is 0 Å². The summed E-state index contributed by atoms with van der Waals surface area (Å²) in [5.41, 5.74) is 3.22. The summed E-state index contributed by atoms with van der Waals surface area (Å²) in [4.78, 5) is 20.2. The number of ether oxygens (including phenoxy) is 1. The predicted octanol–water partition coefficient (Wildman–Crippen LogP) is 4.71. The van der Waals surface area contributed by atoms with Gasteiger partial charge in [0.2, 0.25) is 0 Å². The smallest absolute Gasteiger partial charge is 0.196 e. The molecule has 138 valence electrons. The summed E-state index contributed by atoms with van der Waals surface area (Å²) in [7, 11) is 1.66. The van der Waals surface area contributed by atoms with E-state index in [4.69, 9.17) is 4.74 Å². The minimum absolute atomic E-state index is 0.0152. The highest BCUT2D eigenvalue weighted by atomic mass is 16.5. The number of pyridine rings is 1.